The molecule has 0 radical (unpaired) electrons. The van der Waals surface area contributed by atoms with Crippen LogP contribution in [0.15, 0.2) is 29.3 Å². The molecule has 2 rings (SSSR count). The molecule has 0 aliphatic carbocycles. The van der Waals surface area contributed by atoms with Gasteiger partial charge in [-0.3, -0.25) is 4.99 Å². The second-order valence-corrected chi connectivity index (χ2v) is 3.82. The van der Waals surface area contributed by atoms with Crippen molar-refractivity contribution >= 4 is 17.4 Å². The van der Waals surface area contributed by atoms with E-state index >= 15 is 0 Å². The van der Waals surface area contributed by atoms with Crippen LogP contribution in [-0.4, -0.2) is 18.9 Å². The Morgan fingerprint density at radius 1 is 1.21 bits per heavy atom. The summed E-state index contributed by atoms with van der Waals surface area (Å²) in [6.45, 7) is 1.92. The predicted molar refractivity (Wildman–Crippen MR) is 60.1 cm³/mol. The van der Waals surface area contributed by atoms with E-state index in [1.165, 1.54) is 5.56 Å². The molecule has 14 heavy (non-hydrogen) atoms. The number of nitrogens with zero attached hydrogens (tertiary/aromatic N) is 1. The van der Waals surface area contributed by atoms with Crippen LogP contribution in [0.5, 0.6) is 0 Å². The number of hydrogen-bond donors (Lipinski definition) is 1. The molecule has 0 fully saturated rings. The smallest absolute Gasteiger partial charge is 0.0967 e. The van der Waals surface area contributed by atoms with Crippen molar-refractivity contribution in [1.82, 2.24) is 5.32 Å². The van der Waals surface area contributed by atoms with Gasteiger partial charge in [0.05, 0.1) is 12.4 Å². The summed E-state index contributed by atoms with van der Waals surface area (Å²) in [4.78, 5) is 4.35. The van der Waals surface area contributed by atoms with Gasteiger partial charge in [0.25, 0.3) is 0 Å². The summed E-state index contributed by atoms with van der Waals surface area (Å²) < 4.78 is 0. The summed E-state index contributed by atoms with van der Waals surface area (Å²) in [6, 6.07) is 8.00. The molecule has 0 spiro atoms. The molecule has 74 valence electrons. The molecule has 1 aromatic rings. The molecule has 1 aromatic carbocycles. The van der Waals surface area contributed by atoms with Gasteiger partial charge < -0.3 is 5.32 Å². The molecule has 0 unspecified atom stereocenters. The highest BCUT2D eigenvalue weighted by atomic mass is 35.5. The minimum Gasteiger partial charge on any atom is -0.372 e. The van der Waals surface area contributed by atoms with Gasteiger partial charge in [0.15, 0.2) is 0 Å². The number of rotatable bonds is 3. The van der Waals surface area contributed by atoms with Crippen molar-refractivity contribution in [3.05, 3.63) is 34.9 Å². The van der Waals surface area contributed by atoms with Crippen LogP contribution in [0.4, 0.5) is 0 Å². The van der Waals surface area contributed by atoms with Crippen molar-refractivity contribution in [2.45, 2.75) is 12.8 Å². The van der Waals surface area contributed by atoms with Crippen LogP contribution in [0.2, 0.25) is 5.02 Å². The van der Waals surface area contributed by atoms with Gasteiger partial charge in [-0.2, -0.15) is 0 Å². The number of hydrogen-bond acceptors (Lipinski definition) is 2. The van der Waals surface area contributed by atoms with Gasteiger partial charge in [-0.25, -0.2) is 0 Å². The Labute approximate surface area is 89.0 Å². The normalized spacial score (nSPS) is 15.1. The molecular weight excluding hydrogens is 196 g/mol. The Morgan fingerprint density at radius 2 is 2.00 bits per heavy atom. The minimum absolute atomic E-state index is 0.796. The maximum absolute atomic E-state index is 5.80. The van der Waals surface area contributed by atoms with E-state index in [2.05, 4.69) is 22.4 Å². The second kappa shape index (κ2) is 4.47. The third-order valence-corrected chi connectivity index (χ3v) is 2.56. The molecule has 0 atom stereocenters. The molecule has 1 aliphatic heterocycles. The third-order valence-electron chi connectivity index (χ3n) is 2.31. The van der Waals surface area contributed by atoms with Crippen LogP contribution in [-0.2, 0) is 6.42 Å². The van der Waals surface area contributed by atoms with Gasteiger partial charge in [0.2, 0.25) is 0 Å². The molecule has 0 bridgehead atoms. The molecule has 3 heteroatoms. The predicted octanol–water partition coefficient (Wildman–Crippen LogP) is 2.27. The monoisotopic (exact) mass is 208 g/mol. The Kier molecular flexibility index (Phi) is 3.04. The van der Waals surface area contributed by atoms with Gasteiger partial charge in [-0.15, -0.1) is 0 Å². The largest absolute Gasteiger partial charge is 0.372 e. The van der Waals surface area contributed by atoms with E-state index in [4.69, 9.17) is 11.6 Å². The fourth-order valence-electron chi connectivity index (χ4n) is 1.53. The number of aliphatic imine (C=N–C) groups is 1. The molecule has 1 aliphatic rings. The van der Waals surface area contributed by atoms with E-state index < -0.39 is 0 Å². The number of aryl methyl sites for hydroxylation is 1. The maximum Gasteiger partial charge on any atom is 0.0967 e. The molecular formula is C11H13ClN2. The van der Waals surface area contributed by atoms with Crippen molar-refractivity contribution < 1.29 is 0 Å². The lowest BCUT2D eigenvalue weighted by atomic mass is 10.1. The van der Waals surface area contributed by atoms with E-state index in [9.17, 15) is 0 Å². The summed E-state index contributed by atoms with van der Waals surface area (Å²) >= 11 is 5.80. The average molecular weight is 209 g/mol. The Morgan fingerprint density at radius 3 is 2.64 bits per heavy atom. The fraction of sp³-hybridized carbons (Fsp3) is 0.364. The lowest BCUT2D eigenvalue weighted by Gasteiger charge is -2.02. The zero-order valence-electron chi connectivity index (χ0n) is 7.96. The first kappa shape index (κ1) is 9.53. The quantitative estimate of drug-likeness (QED) is 0.810. The van der Waals surface area contributed by atoms with E-state index in [1.807, 2.05) is 12.1 Å². The second-order valence-electron chi connectivity index (χ2n) is 3.38. The topological polar surface area (TPSA) is 24.4 Å². The van der Waals surface area contributed by atoms with Crippen molar-refractivity contribution in [2.24, 2.45) is 4.99 Å². The molecule has 1 N–H and O–H groups in total. The Hall–Kier alpha value is -1.02. The standard InChI is InChI=1S/C11H13ClN2/c12-10-4-1-9(2-5-10)3-6-11-13-7-8-14-11/h1-2,4-5H,3,6-8H2,(H,13,14). The first-order valence-corrected chi connectivity index (χ1v) is 5.24. The molecule has 1 heterocycles. The number of halogens is 1. The molecule has 0 saturated carbocycles. The van der Waals surface area contributed by atoms with Crippen LogP contribution >= 0.6 is 11.6 Å². The van der Waals surface area contributed by atoms with Crippen LogP contribution in [0.25, 0.3) is 0 Å². The summed E-state index contributed by atoms with van der Waals surface area (Å²) in [5.74, 6) is 1.14. The summed E-state index contributed by atoms with van der Waals surface area (Å²) in [5.41, 5.74) is 1.31. The molecule has 0 saturated heterocycles. The van der Waals surface area contributed by atoms with Gasteiger partial charge in [-0.1, -0.05) is 23.7 Å². The highest BCUT2D eigenvalue weighted by Crippen LogP contribution is 2.11. The molecule has 0 amide bonds. The van der Waals surface area contributed by atoms with Crippen LogP contribution in [0.1, 0.15) is 12.0 Å². The van der Waals surface area contributed by atoms with Crippen LogP contribution in [0.3, 0.4) is 0 Å². The zero-order valence-corrected chi connectivity index (χ0v) is 8.72. The Balaban J connectivity index is 1.88. The van der Waals surface area contributed by atoms with Crippen molar-refractivity contribution in [2.75, 3.05) is 13.1 Å². The summed E-state index contributed by atoms with van der Waals surface area (Å²) in [6.07, 6.45) is 2.03. The van der Waals surface area contributed by atoms with Crippen molar-refractivity contribution in [1.29, 1.82) is 0 Å². The molecule has 0 aromatic heterocycles. The van der Waals surface area contributed by atoms with Crippen molar-refractivity contribution in [3.8, 4) is 0 Å². The molecule has 2 nitrogen and oxygen atoms in total. The van der Waals surface area contributed by atoms with Gasteiger partial charge in [0.1, 0.15) is 0 Å². The lowest BCUT2D eigenvalue weighted by molar-refractivity contribution is 0.934. The fourth-order valence-corrected chi connectivity index (χ4v) is 1.65. The number of benzene rings is 1. The summed E-state index contributed by atoms with van der Waals surface area (Å²) in [5, 5.41) is 4.06. The maximum atomic E-state index is 5.80. The van der Waals surface area contributed by atoms with Crippen LogP contribution in [0, 0.1) is 0 Å². The van der Waals surface area contributed by atoms with E-state index in [0.29, 0.717) is 0 Å². The van der Waals surface area contributed by atoms with E-state index in [1.54, 1.807) is 0 Å². The third kappa shape index (κ3) is 2.48. The highest BCUT2D eigenvalue weighted by Gasteiger charge is 2.04. The van der Waals surface area contributed by atoms with Crippen LogP contribution < -0.4 is 5.32 Å². The number of amidine groups is 1. The van der Waals surface area contributed by atoms with Gasteiger partial charge in [-0.05, 0) is 24.1 Å². The Bertz CT molecular complexity index is 330. The average Bonchev–Trinajstić information content (AvgIpc) is 2.70. The van der Waals surface area contributed by atoms with Crippen molar-refractivity contribution in [3.63, 3.8) is 0 Å². The first-order valence-electron chi connectivity index (χ1n) is 4.86. The zero-order chi connectivity index (χ0) is 9.80. The lowest BCUT2D eigenvalue weighted by Crippen LogP contribution is -2.18. The highest BCUT2D eigenvalue weighted by molar-refractivity contribution is 6.30. The van der Waals surface area contributed by atoms with Gasteiger partial charge >= 0.3 is 0 Å². The van der Waals surface area contributed by atoms with Gasteiger partial charge in [0, 0.05) is 18.0 Å². The first-order chi connectivity index (χ1) is 6.84. The minimum atomic E-state index is 0.796. The summed E-state index contributed by atoms with van der Waals surface area (Å²) in [7, 11) is 0. The van der Waals surface area contributed by atoms with E-state index in [-0.39, 0.29) is 0 Å². The SMILES string of the molecule is Clc1ccc(CCC2=NCCN2)cc1. The van der Waals surface area contributed by atoms with E-state index in [0.717, 1.165) is 36.8 Å². The number of nitrogens with one attached hydrogen (secondary N) is 1.